The van der Waals surface area contributed by atoms with Crippen LogP contribution in [0, 0.1) is 6.92 Å². The molecule has 0 saturated carbocycles. The third kappa shape index (κ3) is 3.02. The predicted octanol–water partition coefficient (Wildman–Crippen LogP) is 4.91. The Morgan fingerprint density at radius 2 is 1.89 bits per heavy atom. The molecule has 1 aromatic heterocycles. The van der Waals surface area contributed by atoms with Crippen molar-refractivity contribution in [3.63, 3.8) is 0 Å². The Labute approximate surface area is 166 Å². The zero-order valence-electron chi connectivity index (χ0n) is 16.5. The zero-order chi connectivity index (χ0) is 20.1. The average molecular weight is 397 g/mol. The summed E-state index contributed by atoms with van der Waals surface area (Å²) >= 11 is 0. The monoisotopic (exact) mass is 396 g/mol. The summed E-state index contributed by atoms with van der Waals surface area (Å²) in [5.41, 5.74) is 4.10. The number of aryl methyl sites for hydroxylation is 1. The van der Waals surface area contributed by atoms with Gasteiger partial charge in [0.25, 0.3) is 10.0 Å². The van der Waals surface area contributed by atoms with Gasteiger partial charge in [0, 0.05) is 17.7 Å². The number of nitrogens with zero attached hydrogens (tertiary/aromatic N) is 2. The van der Waals surface area contributed by atoms with E-state index in [0.29, 0.717) is 22.6 Å². The summed E-state index contributed by atoms with van der Waals surface area (Å²) in [6.07, 6.45) is 0.716. The maximum absolute atomic E-state index is 13.8. The van der Waals surface area contributed by atoms with E-state index < -0.39 is 10.0 Å². The molecule has 1 aliphatic heterocycles. The van der Waals surface area contributed by atoms with Crippen molar-refractivity contribution in [2.45, 2.75) is 51.0 Å². The molecule has 3 aromatic rings. The highest BCUT2D eigenvalue weighted by atomic mass is 32.2. The average Bonchev–Trinajstić information content (AvgIpc) is 3.23. The molecule has 5 nitrogen and oxygen atoms in total. The van der Waals surface area contributed by atoms with Gasteiger partial charge in [-0.05, 0) is 49.4 Å². The van der Waals surface area contributed by atoms with Crippen LogP contribution in [0.15, 0.2) is 57.9 Å². The summed E-state index contributed by atoms with van der Waals surface area (Å²) in [5.74, 6) is 0.641. The minimum absolute atomic E-state index is 0.0726. The van der Waals surface area contributed by atoms with E-state index in [1.807, 2.05) is 70.2 Å². The predicted molar refractivity (Wildman–Crippen MR) is 110 cm³/mol. The van der Waals surface area contributed by atoms with Crippen LogP contribution in [-0.2, 0) is 16.4 Å². The normalized spacial score (nSPS) is 16.6. The molecule has 1 atom stereocenters. The number of para-hydroxylation sites is 1. The molecule has 0 unspecified atom stereocenters. The van der Waals surface area contributed by atoms with Gasteiger partial charge in [-0.15, -0.1) is 0 Å². The number of sulfonamides is 1. The summed E-state index contributed by atoms with van der Waals surface area (Å²) in [4.78, 5) is 0.331. The van der Waals surface area contributed by atoms with Crippen molar-refractivity contribution in [3.05, 3.63) is 65.4 Å². The molecule has 2 heterocycles. The fraction of sp³-hybridized carbons (Fsp3) is 0.318. The third-order valence-electron chi connectivity index (χ3n) is 5.23. The van der Waals surface area contributed by atoms with E-state index in [2.05, 4.69) is 5.16 Å². The highest BCUT2D eigenvalue weighted by molar-refractivity contribution is 7.93. The van der Waals surface area contributed by atoms with Gasteiger partial charge in [-0.25, -0.2) is 8.42 Å². The van der Waals surface area contributed by atoms with Gasteiger partial charge in [-0.1, -0.05) is 49.3 Å². The summed E-state index contributed by atoms with van der Waals surface area (Å²) in [6, 6.07) is 14.9. The van der Waals surface area contributed by atoms with Crippen LogP contribution >= 0.6 is 0 Å². The van der Waals surface area contributed by atoms with E-state index in [4.69, 9.17) is 4.52 Å². The van der Waals surface area contributed by atoms with Gasteiger partial charge in [0.15, 0.2) is 5.76 Å². The van der Waals surface area contributed by atoms with Crippen LogP contribution < -0.4 is 4.31 Å². The molecular formula is C22H24N2O3S. The maximum atomic E-state index is 13.8. The molecule has 0 radical (unpaired) electrons. The summed E-state index contributed by atoms with van der Waals surface area (Å²) in [7, 11) is -3.73. The molecular weight excluding hydrogens is 372 g/mol. The molecule has 2 aromatic carbocycles. The number of aromatic nitrogens is 1. The van der Waals surface area contributed by atoms with Crippen molar-refractivity contribution in [2.75, 3.05) is 4.31 Å². The molecule has 6 heteroatoms. The lowest BCUT2D eigenvalue weighted by atomic mass is 10.0. The molecule has 4 rings (SSSR count). The van der Waals surface area contributed by atoms with Crippen molar-refractivity contribution >= 4 is 15.7 Å². The highest BCUT2D eigenvalue weighted by Crippen LogP contribution is 2.39. The van der Waals surface area contributed by atoms with Gasteiger partial charge in [0.05, 0.1) is 16.3 Å². The first-order chi connectivity index (χ1) is 13.3. The number of benzene rings is 2. The molecule has 1 aliphatic rings. The molecule has 0 N–H and O–H groups in total. The lowest BCUT2D eigenvalue weighted by molar-refractivity contribution is 0.427. The van der Waals surface area contributed by atoms with Crippen molar-refractivity contribution in [2.24, 2.45) is 0 Å². The molecule has 0 spiro atoms. The van der Waals surface area contributed by atoms with E-state index in [1.165, 1.54) is 0 Å². The van der Waals surface area contributed by atoms with E-state index in [1.54, 1.807) is 10.4 Å². The number of hydrogen-bond acceptors (Lipinski definition) is 4. The van der Waals surface area contributed by atoms with Crippen molar-refractivity contribution < 1.29 is 12.9 Å². The van der Waals surface area contributed by atoms with Crippen molar-refractivity contribution in [1.82, 2.24) is 5.16 Å². The summed E-state index contributed by atoms with van der Waals surface area (Å²) < 4.78 is 34.5. The Morgan fingerprint density at radius 1 is 1.14 bits per heavy atom. The van der Waals surface area contributed by atoms with Crippen LogP contribution in [0.3, 0.4) is 0 Å². The van der Waals surface area contributed by atoms with E-state index in [9.17, 15) is 8.42 Å². The number of anilines is 1. The summed E-state index contributed by atoms with van der Waals surface area (Å²) in [5, 5.41) is 3.93. The van der Waals surface area contributed by atoms with Crippen LogP contribution in [0.25, 0.3) is 11.3 Å². The fourth-order valence-corrected chi connectivity index (χ4v) is 5.97. The Hall–Kier alpha value is -2.60. The van der Waals surface area contributed by atoms with Crippen LogP contribution in [0.1, 0.15) is 43.5 Å². The van der Waals surface area contributed by atoms with Gasteiger partial charge in [0.2, 0.25) is 0 Å². The summed E-state index contributed by atoms with van der Waals surface area (Å²) in [6.45, 7) is 7.81. The molecule has 0 fully saturated rings. The number of fused-ring (bicyclic) bond motifs is 1. The molecule has 0 saturated heterocycles. The van der Waals surface area contributed by atoms with Crippen LogP contribution in [0.4, 0.5) is 5.69 Å². The number of rotatable bonds is 4. The van der Waals surface area contributed by atoms with Crippen LogP contribution in [0.2, 0.25) is 0 Å². The van der Waals surface area contributed by atoms with Gasteiger partial charge in [-0.3, -0.25) is 4.31 Å². The van der Waals surface area contributed by atoms with E-state index >= 15 is 0 Å². The number of hydrogen-bond donors (Lipinski definition) is 0. The second-order valence-corrected chi connectivity index (χ2v) is 9.51. The van der Waals surface area contributed by atoms with E-state index in [0.717, 1.165) is 22.5 Å². The Kier molecular flexibility index (Phi) is 4.54. The lowest BCUT2D eigenvalue weighted by Gasteiger charge is -2.26. The molecule has 0 amide bonds. The lowest BCUT2D eigenvalue weighted by Crippen LogP contribution is -2.36. The second kappa shape index (κ2) is 6.78. The zero-order valence-corrected chi connectivity index (χ0v) is 17.3. The SMILES string of the molecule is Cc1cc(-c2ccc(C(C)C)c(S(=O)(=O)N3c4ccccc4C[C@H]3C)c2)on1. The minimum atomic E-state index is -3.73. The largest absolute Gasteiger partial charge is 0.356 e. The van der Waals surface area contributed by atoms with Crippen molar-refractivity contribution in [3.8, 4) is 11.3 Å². The van der Waals surface area contributed by atoms with Crippen molar-refractivity contribution in [1.29, 1.82) is 0 Å². The quantitative estimate of drug-likeness (QED) is 0.628. The van der Waals surface area contributed by atoms with Crippen LogP contribution in [0.5, 0.6) is 0 Å². The topological polar surface area (TPSA) is 63.4 Å². The molecule has 146 valence electrons. The molecule has 28 heavy (non-hydrogen) atoms. The van der Waals surface area contributed by atoms with Gasteiger partial charge < -0.3 is 4.52 Å². The standard InChI is InChI=1S/C22H24N2O3S/c1-14(2)19-10-9-18(21-11-15(3)23-27-21)13-22(19)28(25,26)24-16(4)12-17-7-5-6-8-20(17)24/h5-11,13-14,16H,12H2,1-4H3/t16-/m1/s1. The molecule has 0 bridgehead atoms. The highest BCUT2D eigenvalue weighted by Gasteiger charge is 2.37. The van der Waals surface area contributed by atoms with Gasteiger partial charge >= 0.3 is 0 Å². The maximum Gasteiger partial charge on any atom is 0.264 e. The van der Waals surface area contributed by atoms with Gasteiger partial charge in [0.1, 0.15) is 0 Å². The smallest absolute Gasteiger partial charge is 0.264 e. The first-order valence-electron chi connectivity index (χ1n) is 9.49. The van der Waals surface area contributed by atoms with Gasteiger partial charge in [-0.2, -0.15) is 0 Å². The first-order valence-corrected chi connectivity index (χ1v) is 10.9. The van der Waals surface area contributed by atoms with Crippen LogP contribution in [-0.4, -0.2) is 19.6 Å². The minimum Gasteiger partial charge on any atom is -0.356 e. The Morgan fingerprint density at radius 3 is 2.57 bits per heavy atom. The second-order valence-electron chi connectivity index (χ2n) is 7.72. The van der Waals surface area contributed by atoms with E-state index in [-0.39, 0.29) is 12.0 Å². The first kappa shape index (κ1) is 18.7. The molecule has 0 aliphatic carbocycles. The third-order valence-corrected chi connectivity index (χ3v) is 7.21. The Bertz CT molecular complexity index is 1130. The fourth-order valence-electron chi connectivity index (χ4n) is 3.90. The Balaban J connectivity index is 1.89.